The summed E-state index contributed by atoms with van der Waals surface area (Å²) in [7, 11) is -3.85. The molecule has 0 fully saturated rings. The Morgan fingerprint density at radius 3 is 2.48 bits per heavy atom. The summed E-state index contributed by atoms with van der Waals surface area (Å²) >= 11 is 0. The lowest BCUT2D eigenvalue weighted by molar-refractivity contribution is 0.0696. The van der Waals surface area contributed by atoms with Crippen LogP contribution in [0.5, 0.6) is 0 Å². The van der Waals surface area contributed by atoms with Crippen LogP contribution in [0.15, 0.2) is 23.1 Å². The molecule has 1 atom stereocenters. The quantitative estimate of drug-likeness (QED) is 0.705. The molecule has 6 nitrogen and oxygen atoms in total. The molecule has 0 aromatic heterocycles. The molecule has 0 aliphatic carbocycles. The van der Waals surface area contributed by atoms with Crippen LogP contribution < -0.4 is 4.72 Å². The number of carboxylic acid groups (broad SMARTS) is 1. The number of hydrogen-bond acceptors (Lipinski definition) is 4. The van der Waals surface area contributed by atoms with Crippen LogP contribution in [0.4, 0.5) is 0 Å². The predicted molar refractivity (Wildman–Crippen MR) is 78.8 cm³/mol. The summed E-state index contributed by atoms with van der Waals surface area (Å²) in [4.78, 5) is 10.8. The standard InChI is InChI=1S/C14H21NO5S/c1-9(2)6-12(16)8-15-21(19,20)13-7-11(14(17)18)5-4-10(13)3/h4-5,7,9,12,15-16H,6,8H2,1-3H3,(H,17,18). The molecule has 1 unspecified atom stereocenters. The van der Waals surface area contributed by atoms with Gasteiger partial charge in [0.25, 0.3) is 0 Å². The number of aliphatic hydroxyl groups excluding tert-OH is 1. The van der Waals surface area contributed by atoms with Gasteiger partial charge in [-0.3, -0.25) is 0 Å². The molecular formula is C14H21NO5S. The van der Waals surface area contributed by atoms with Crippen LogP contribution in [0.3, 0.4) is 0 Å². The second-order valence-corrected chi connectivity index (χ2v) is 7.16. The number of carboxylic acids is 1. The number of nitrogens with one attached hydrogen (secondary N) is 1. The lowest BCUT2D eigenvalue weighted by Gasteiger charge is -2.15. The molecule has 0 spiro atoms. The van der Waals surface area contributed by atoms with Gasteiger partial charge in [0.2, 0.25) is 10.0 Å². The average Bonchev–Trinajstić information content (AvgIpc) is 2.35. The Labute approximate surface area is 124 Å². The Hall–Kier alpha value is -1.44. The molecular weight excluding hydrogens is 294 g/mol. The molecule has 0 radical (unpaired) electrons. The van der Waals surface area contributed by atoms with Crippen LogP contribution in [0.1, 0.15) is 36.2 Å². The monoisotopic (exact) mass is 315 g/mol. The van der Waals surface area contributed by atoms with E-state index in [-0.39, 0.29) is 22.9 Å². The first-order chi connectivity index (χ1) is 9.63. The number of aliphatic hydroxyl groups is 1. The average molecular weight is 315 g/mol. The van der Waals surface area contributed by atoms with Gasteiger partial charge in [-0.05, 0) is 37.0 Å². The highest BCUT2D eigenvalue weighted by atomic mass is 32.2. The summed E-state index contributed by atoms with van der Waals surface area (Å²) in [5.74, 6) is -0.937. The third-order valence-electron chi connectivity index (χ3n) is 2.98. The molecule has 118 valence electrons. The predicted octanol–water partition coefficient (Wildman–Crippen LogP) is 1.38. The Morgan fingerprint density at radius 2 is 1.95 bits per heavy atom. The van der Waals surface area contributed by atoms with Gasteiger partial charge in [0.05, 0.1) is 16.6 Å². The number of aryl methyl sites for hydroxylation is 1. The van der Waals surface area contributed by atoms with Gasteiger partial charge < -0.3 is 10.2 Å². The molecule has 0 saturated carbocycles. The molecule has 0 heterocycles. The third kappa shape index (κ3) is 5.11. The lowest BCUT2D eigenvalue weighted by atomic mass is 10.1. The molecule has 7 heteroatoms. The molecule has 0 saturated heterocycles. The topological polar surface area (TPSA) is 104 Å². The first-order valence-electron chi connectivity index (χ1n) is 6.65. The van der Waals surface area contributed by atoms with Gasteiger partial charge in [-0.1, -0.05) is 19.9 Å². The van der Waals surface area contributed by atoms with Crippen molar-refractivity contribution in [2.75, 3.05) is 6.54 Å². The van der Waals surface area contributed by atoms with Crippen LogP contribution in [0, 0.1) is 12.8 Å². The molecule has 1 aromatic rings. The van der Waals surface area contributed by atoms with Crippen molar-refractivity contribution in [3.05, 3.63) is 29.3 Å². The fraction of sp³-hybridized carbons (Fsp3) is 0.500. The highest BCUT2D eigenvalue weighted by Crippen LogP contribution is 2.17. The number of benzene rings is 1. The maximum absolute atomic E-state index is 12.2. The van der Waals surface area contributed by atoms with Crippen molar-refractivity contribution in [2.45, 2.75) is 38.2 Å². The minimum absolute atomic E-state index is 0.0841. The Balaban J connectivity index is 2.92. The van der Waals surface area contributed by atoms with Gasteiger partial charge in [0.15, 0.2) is 0 Å². The molecule has 3 N–H and O–H groups in total. The maximum Gasteiger partial charge on any atom is 0.335 e. The van der Waals surface area contributed by atoms with E-state index in [0.29, 0.717) is 12.0 Å². The van der Waals surface area contributed by atoms with E-state index in [1.54, 1.807) is 6.92 Å². The summed E-state index contributed by atoms with van der Waals surface area (Å²) in [6, 6.07) is 3.92. The van der Waals surface area contributed by atoms with Crippen molar-refractivity contribution in [3.63, 3.8) is 0 Å². The Bertz CT molecular complexity index is 610. The molecule has 1 rings (SSSR count). The van der Waals surface area contributed by atoms with Gasteiger partial charge in [-0.15, -0.1) is 0 Å². The van der Waals surface area contributed by atoms with Crippen LogP contribution >= 0.6 is 0 Å². The summed E-state index contributed by atoms with van der Waals surface area (Å²) < 4.78 is 26.7. The van der Waals surface area contributed by atoms with E-state index in [1.165, 1.54) is 12.1 Å². The second kappa shape index (κ2) is 7.02. The number of hydrogen-bond donors (Lipinski definition) is 3. The van der Waals surface area contributed by atoms with Crippen LogP contribution in [-0.2, 0) is 10.0 Å². The van der Waals surface area contributed by atoms with Gasteiger partial charge in [-0.2, -0.15) is 0 Å². The minimum Gasteiger partial charge on any atom is -0.478 e. The van der Waals surface area contributed by atoms with Gasteiger partial charge in [0, 0.05) is 6.54 Å². The summed E-state index contributed by atoms with van der Waals surface area (Å²) in [5, 5.41) is 18.6. The van der Waals surface area contributed by atoms with Crippen molar-refractivity contribution in [1.29, 1.82) is 0 Å². The van der Waals surface area contributed by atoms with Crippen molar-refractivity contribution in [1.82, 2.24) is 4.72 Å². The van der Waals surface area contributed by atoms with Crippen molar-refractivity contribution >= 4 is 16.0 Å². The highest BCUT2D eigenvalue weighted by Gasteiger charge is 2.20. The zero-order chi connectivity index (χ0) is 16.2. The fourth-order valence-electron chi connectivity index (χ4n) is 1.93. The third-order valence-corrected chi connectivity index (χ3v) is 4.54. The van der Waals surface area contributed by atoms with E-state index >= 15 is 0 Å². The number of rotatable bonds is 7. The van der Waals surface area contributed by atoms with E-state index in [4.69, 9.17) is 5.11 Å². The van der Waals surface area contributed by atoms with Crippen molar-refractivity contribution in [3.8, 4) is 0 Å². The Kier molecular flexibility index (Phi) is 5.88. The number of aromatic carboxylic acids is 1. The molecule has 0 aliphatic heterocycles. The minimum atomic E-state index is -3.85. The number of carbonyl (C=O) groups is 1. The van der Waals surface area contributed by atoms with E-state index in [1.807, 2.05) is 13.8 Å². The highest BCUT2D eigenvalue weighted by molar-refractivity contribution is 7.89. The van der Waals surface area contributed by atoms with Crippen molar-refractivity contribution in [2.24, 2.45) is 5.92 Å². The van der Waals surface area contributed by atoms with Crippen molar-refractivity contribution < 1.29 is 23.4 Å². The van der Waals surface area contributed by atoms with Gasteiger partial charge in [-0.25, -0.2) is 17.9 Å². The zero-order valence-corrected chi connectivity index (χ0v) is 13.1. The SMILES string of the molecule is Cc1ccc(C(=O)O)cc1S(=O)(=O)NCC(O)CC(C)C. The van der Waals surface area contributed by atoms with E-state index in [9.17, 15) is 18.3 Å². The summed E-state index contributed by atoms with van der Waals surface area (Å²) in [5.41, 5.74) is 0.356. The first-order valence-corrected chi connectivity index (χ1v) is 8.13. The van der Waals surface area contributed by atoms with Crippen LogP contribution in [0.2, 0.25) is 0 Å². The molecule has 1 aromatic carbocycles. The molecule has 0 bridgehead atoms. The first kappa shape index (κ1) is 17.6. The molecule has 0 amide bonds. The zero-order valence-electron chi connectivity index (χ0n) is 12.3. The summed E-state index contributed by atoms with van der Waals surface area (Å²) in [6.45, 7) is 5.35. The van der Waals surface area contributed by atoms with E-state index in [0.717, 1.165) is 6.07 Å². The van der Waals surface area contributed by atoms with E-state index in [2.05, 4.69) is 4.72 Å². The normalized spacial score (nSPS) is 13.4. The van der Waals surface area contributed by atoms with Gasteiger partial charge >= 0.3 is 5.97 Å². The van der Waals surface area contributed by atoms with Gasteiger partial charge in [0.1, 0.15) is 0 Å². The number of sulfonamides is 1. The summed E-state index contributed by atoms with van der Waals surface area (Å²) in [6.07, 6.45) is -0.292. The largest absolute Gasteiger partial charge is 0.478 e. The molecule has 0 aliphatic rings. The molecule has 21 heavy (non-hydrogen) atoms. The Morgan fingerprint density at radius 1 is 1.33 bits per heavy atom. The maximum atomic E-state index is 12.2. The second-order valence-electron chi connectivity index (χ2n) is 5.42. The lowest BCUT2D eigenvalue weighted by Crippen LogP contribution is -2.33. The fourth-order valence-corrected chi connectivity index (χ4v) is 3.28. The van der Waals surface area contributed by atoms with Crippen LogP contribution in [-0.4, -0.2) is 37.2 Å². The van der Waals surface area contributed by atoms with Crippen LogP contribution in [0.25, 0.3) is 0 Å². The smallest absolute Gasteiger partial charge is 0.335 e. The van der Waals surface area contributed by atoms with E-state index < -0.39 is 22.1 Å².